The van der Waals surface area contributed by atoms with Gasteiger partial charge in [0.15, 0.2) is 5.82 Å². The molecule has 0 spiro atoms. The van der Waals surface area contributed by atoms with Crippen LogP contribution >= 0.6 is 0 Å². The van der Waals surface area contributed by atoms with Gasteiger partial charge in [-0.2, -0.15) is 0 Å². The number of phenols is 1. The van der Waals surface area contributed by atoms with Crippen LogP contribution in [0.1, 0.15) is 13.3 Å². The molecule has 0 bridgehead atoms. The Labute approximate surface area is 169 Å². The van der Waals surface area contributed by atoms with E-state index in [0.29, 0.717) is 23.8 Å². The topological polar surface area (TPSA) is 97.0 Å². The number of aromatic hydroxyl groups is 1. The Kier molecular flexibility index (Phi) is 5.35. The molecular formula is C23H23N5O. The summed E-state index contributed by atoms with van der Waals surface area (Å²) in [5, 5.41) is 14.8. The maximum atomic E-state index is 10.5. The molecule has 146 valence electrons. The van der Waals surface area contributed by atoms with E-state index in [1.807, 2.05) is 48.5 Å². The summed E-state index contributed by atoms with van der Waals surface area (Å²) in [4.78, 5) is 13.6. The molecule has 0 saturated heterocycles. The SMILES string of the molecule is CC[C@H](N)CNc1nc(-c2cc(-c3cccnc3)ccc2O)nc2ccccc12. The van der Waals surface area contributed by atoms with Gasteiger partial charge in [-0.1, -0.05) is 31.2 Å². The normalized spacial score (nSPS) is 12.1. The van der Waals surface area contributed by atoms with E-state index < -0.39 is 0 Å². The van der Waals surface area contributed by atoms with Crippen LogP contribution in [0.5, 0.6) is 5.75 Å². The van der Waals surface area contributed by atoms with Gasteiger partial charge in [0.1, 0.15) is 11.6 Å². The third-order valence-corrected chi connectivity index (χ3v) is 4.89. The lowest BCUT2D eigenvalue weighted by atomic mass is 10.0. The van der Waals surface area contributed by atoms with Crippen LogP contribution in [-0.2, 0) is 0 Å². The van der Waals surface area contributed by atoms with Crippen LogP contribution in [-0.4, -0.2) is 32.6 Å². The fourth-order valence-corrected chi connectivity index (χ4v) is 3.13. The van der Waals surface area contributed by atoms with E-state index in [-0.39, 0.29) is 11.8 Å². The lowest BCUT2D eigenvalue weighted by molar-refractivity contribution is 0.477. The highest BCUT2D eigenvalue weighted by atomic mass is 16.3. The average Bonchev–Trinajstić information content (AvgIpc) is 2.78. The molecule has 2 aromatic carbocycles. The highest BCUT2D eigenvalue weighted by Crippen LogP contribution is 2.33. The van der Waals surface area contributed by atoms with Gasteiger partial charge >= 0.3 is 0 Å². The number of nitrogens with one attached hydrogen (secondary N) is 1. The number of nitrogens with zero attached hydrogens (tertiary/aromatic N) is 3. The maximum Gasteiger partial charge on any atom is 0.165 e. The minimum atomic E-state index is 0.0366. The van der Waals surface area contributed by atoms with Crippen molar-refractivity contribution in [1.29, 1.82) is 0 Å². The van der Waals surface area contributed by atoms with Crippen LogP contribution in [0, 0.1) is 0 Å². The highest BCUT2D eigenvalue weighted by Gasteiger charge is 2.14. The third-order valence-electron chi connectivity index (χ3n) is 4.89. The number of hydrogen-bond acceptors (Lipinski definition) is 6. The van der Waals surface area contributed by atoms with Crippen molar-refractivity contribution in [3.05, 3.63) is 67.0 Å². The molecule has 2 heterocycles. The second-order valence-corrected chi connectivity index (χ2v) is 6.94. The minimum Gasteiger partial charge on any atom is -0.507 e. The van der Waals surface area contributed by atoms with E-state index >= 15 is 0 Å². The molecule has 4 aromatic rings. The molecule has 0 aliphatic heterocycles. The van der Waals surface area contributed by atoms with Crippen molar-refractivity contribution in [3.8, 4) is 28.3 Å². The zero-order valence-electron chi connectivity index (χ0n) is 16.2. The molecule has 4 rings (SSSR count). The Morgan fingerprint density at radius 2 is 1.90 bits per heavy atom. The van der Waals surface area contributed by atoms with E-state index in [2.05, 4.69) is 17.2 Å². The number of hydrogen-bond donors (Lipinski definition) is 3. The van der Waals surface area contributed by atoms with Crippen LogP contribution in [0.25, 0.3) is 33.4 Å². The lowest BCUT2D eigenvalue weighted by Crippen LogP contribution is -2.28. The smallest absolute Gasteiger partial charge is 0.165 e. The van der Waals surface area contributed by atoms with Gasteiger partial charge in [0.05, 0.1) is 11.1 Å². The summed E-state index contributed by atoms with van der Waals surface area (Å²) in [6.07, 6.45) is 4.39. The number of pyridine rings is 1. The summed E-state index contributed by atoms with van der Waals surface area (Å²) in [5.74, 6) is 1.30. The molecule has 6 heteroatoms. The molecule has 6 nitrogen and oxygen atoms in total. The molecule has 0 radical (unpaired) electrons. The summed E-state index contributed by atoms with van der Waals surface area (Å²) in [6, 6.07) is 17.1. The zero-order valence-corrected chi connectivity index (χ0v) is 16.2. The molecule has 0 saturated carbocycles. The van der Waals surface area contributed by atoms with Crippen LogP contribution in [0.2, 0.25) is 0 Å². The number of para-hydroxylation sites is 1. The molecule has 0 aliphatic rings. The van der Waals surface area contributed by atoms with Crippen molar-refractivity contribution in [2.24, 2.45) is 5.73 Å². The fraction of sp³-hybridized carbons (Fsp3) is 0.174. The van der Waals surface area contributed by atoms with Crippen LogP contribution in [0.4, 0.5) is 5.82 Å². The molecule has 4 N–H and O–H groups in total. The lowest BCUT2D eigenvalue weighted by Gasteiger charge is -2.14. The number of rotatable bonds is 6. The zero-order chi connectivity index (χ0) is 20.2. The van der Waals surface area contributed by atoms with Crippen molar-refractivity contribution in [1.82, 2.24) is 15.0 Å². The number of benzene rings is 2. The molecule has 0 unspecified atom stereocenters. The van der Waals surface area contributed by atoms with Gasteiger partial charge in [0.2, 0.25) is 0 Å². The van der Waals surface area contributed by atoms with Gasteiger partial charge < -0.3 is 16.2 Å². The number of phenolic OH excluding ortho intramolecular Hbond substituents is 1. The Morgan fingerprint density at radius 1 is 1.03 bits per heavy atom. The van der Waals surface area contributed by atoms with Crippen LogP contribution in [0.3, 0.4) is 0 Å². The van der Waals surface area contributed by atoms with Gasteiger partial charge in [-0.25, -0.2) is 9.97 Å². The molecular weight excluding hydrogens is 362 g/mol. The van der Waals surface area contributed by atoms with Crippen molar-refractivity contribution in [2.75, 3.05) is 11.9 Å². The van der Waals surface area contributed by atoms with E-state index in [1.165, 1.54) is 0 Å². The summed E-state index contributed by atoms with van der Waals surface area (Å²) in [7, 11) is 0. The van der Waals surface area contributed by atoms with Gasteiger partial charge in [-0.15, -0.1) is 0 Å². The van der Waals surface area contributed by atoms with Crippen molar-refractivity contribution in [3.63, 3.8) is 0 Å². The van der Waals surface area contributed by atoms with E-state index in [0.717, 1.165) is 28.5 Å². The Balaban J connectivity index is 1.81. The van der Waals surface area contributed by atoms with Crippen molar-refractivity contribution in [2.45, 2.75) is 19.4 Å². The van der Waals surface area contributed by atoms with Crippen molar-refractivity contribution < 1.29 is 5.11 Å². The first-order valence-corrected chi connectivity index (χ1v) is 9.65. The average molecular weight is 385 g/mol. The van der Waals surface area contributed by atoms with E-state index in [1.54, 1.807) is 18.5 Å². The van der Waals surface area contributed by atoms with Gasteiger partial charge in [0.25, 0.3) is 0 Å². The highest BCUT2D eigenvalue weighted by molar-refractivity contribution is 5.91. The van der Waals surface area contributed by atoms with Crippen molar-refractivity contribution >= 4 is 16.7 Å². The van der Waals surface area contributed by atoms with Crippen LogP contribution < -0.4 is 11.1 Å². The second-order valence-electron chi connectivity index (χ2n) is 6.94. The second kappa shape index (κ2) is 8.24. The first-order chi connectivity index (χ1) is 14.2. The quantitative estimate of drug-likeness (QED) is 0.460. The molecule has 2 aromatic heterocycles. The number of fused-ring (bicyclic) bond motifs is 1. The first-order valence-electron chi connectivity index (χ1n) is 9.65. The fourth-order valence-electron chi connectivity index (χ4n) is 3.13. The third kappa shape index (κ3) is 4.02. The van der Waals surface area contributed by atoms with Gasteiger partial charge in [-0.3, -0.25) is 4.98 Å². The molecule has 0 amide bonds. The molecule has 0 aliphatic carbocycles. The summed E-state index contributed by atoms with van der Waals surface area (Å²) >= 11 is 0. The monoisotopic (exact) mass is 385 g/mol. The largest absolute Gasteiger partial charge is 0.507 e. The van der Waals surface area contributed by atoms with E-state index in [4.69, 9.17) is 15.7 Å². The summed E-state index contributed by atoms with van der Waals surface area (Å²) < 4.78 is 0. The Hall–Kier alpha value is -3.51. The molecule has 0 fully saturated rings. The maximum absolute atomic E-state index is 10.5. The van der Waals surface area contributed by atoms with Crippen LogP contribution in [0.15, 0.2) is 67.0 Å². The molecule has 1 atom stereocenters. The summed E-state index contributed by atoms with van der Waals surface area (Å²) in [6.45, 7) is 2.66. The standard InChI is InChI=1S/C23H23N5O/c1-2-17(24)14-26-22-18-7-3-4-8-20(18)27-23(28-22)19-12-15(9-10-21(19)29)16-6-5-11-25-13-16/h3-13,17,29H,2,14,24H2,1H3,(H,26,27,28)/t17-/m0/s1. The number of anilines is 1. The molecule has 29 heavy (non-hydrogen) atoms. The predicted molar refractivity (Wildman–Crippen MR) is 117 cm³/mol. The van der Waals surface area contributed by atoms with Gasteiger partial charge in [0, 0.05) is 35.9 Å². The number of nitrogens with two attached hydrogens (primary N) is 1. The van der Waals surface area contributed by atoms with Gasteiger partial charge in [-0.05, 0) is 42.3 Å². The number of aromatic nitrogens is 3. The summed E-state index contributed by atoms with van der Waals surface area (Å²) in [5.41, 5.74) is 9.34. The minimum absolute atomic E-state index is 0.0366. The Bertz CT molecular complexity index is 1130. The van der Waals surface area contributed by atoms with E-state index in [9.17, 15) is 5.11 Å². The first kappa shape index (κ1) is 18.8. The predicted octanol–water partition coefficient (Wildman–Crippen LogP) is 4.21. The Morgan fingerprint density at radius 3 is 2.69 bits per heavy atom.